The molecule has 0 bridgehead atoms. The summed E-state index contributed by atoms with van der Waals surface area (Å²) in [6, 6.07) is 0.0389. The fraction of sp³-hybridized carbons (Fsp3) is 0.400. The van der Waals surface area contributed by atoms with Gasteiger partial charge < -0.3 is 0 Å². The molecule has 0 radical (unpaired) electrons. The molecule has 1 aromatic heterocycles. The number of rotatable bonds is 5. The van der Waals surface area contributed by atoms with Crippen LogP contribution >= 0.6 is 0 Å². The van der Waals surface area contributed by atoms with Crippen LogP contribution in [0, 0.1) is 12.3 Å². The third kappa shape index (κ3) is 3.13. The molecular weight excluding hydrogens is 176 g/mol. The van der Waals surface area contributed by atoms with Gasteiger partial charge in [0.05, 0.1) is 17.9 Å². The van der Waals surface area contributed by atoms with Crippen LogP contribution in [0.3, 0.4) is 0 Å². The fourth-order valence-electron chi connectivity index (χ4n) is 1.22. The van der Waals surface area contributed by atoms with E-state index < -0.39 is 0 Å². The molecular formula is C10H14N4. The molecule has 0 spiro atoms. The molecule has 0 saturated heterocycles. The maximum absolute atomic E-state index is 5.42. The molecule has 0 amide bonds. The van der Waals surface area contributed by atoms with Crippen LogP contribution in [-0.4, -0.2) is 9.97 Å². The highest BCUT2D eigenvalue weighted by atomic mass is 15.2. The van der Waals surface area contributed by atoms with E-state index in [2.05, 4.69) is 21.3 Å². The first-order valence-electron chi connectivity index (χ1n) is 4.54. The van der Waals surface area contributed by atoms with Gasteiger partial charge in [0.2, 0.25) is 0 Å². The Morgan fingerprint density at radius 2 is 2.43 bits per heavy atom. The zero-order valence-corrected chi connectivity index (χ0v) is 7.98. The van der Waals surface area contributed by atoms with Gasteiger partial charge >= 0.3 is 0 Å². The Morgan fingerprint density at radius 1 is 1.57 bits per heavy atom. The number of nitrogens with zero attached hydrogens (tertiary/aromatic N) is 2. The normalized spacial score (nSPS) is 12.0. The van der Waals surface area contributed by atoms with Crippen molar-refractivity contribution in [3.63, 3.8) is 0 Å². The van der Waals surface area contributed by atoms with Crippen molar-refractivity contribution in [2.24, 2.45) is 5.84 Å². The number of terminal acetylenes is 1. The standard InChI is InChI=1S/C10H14N4/c1-2-3-4-5-9(14-11)10-8-12-6-7-13-10/h1,6-9,14H,3-5,11H2. The summed E-state index contributed by atoms with van der Waals surface area (Å²) < 4.78 is 0. The maximum atomic E-state index is 5.42. The first-order valence-corrected chi connectivity index (χ1v) is 4.54. The Morgan fingerprint density at radius 3 is 3.00 bits per heavy atom. The first-order chi connectivity index (χ1) is 6.88. The van der Waals surface area contributed by atoms with Crippen molar-refractivity contribution in [2.45, 2.75) is 25.3 Å². The van der Waals surface area contributed by atoms with Gasteiger partial charge in [-0.1, -0.05) is 0 Å². The molecule has 0 aliphatic carbocycles. The smallest absolute Gasteiger partial charge is 0.0769 e. The van der Waals surface area contributed by atoms with E-state index in [9.17, 15) is 0 Å². The van der Waals surface area contributed by atoms with Crippen molar-refractivity contribution in [1.82, 2.24) is 15.4 Å². The van der Waals surface area contributed by atoms with E-state index in [-0.39, 0.29) is 6.04 Å². The average Bonchev–Trinajstić information content (AvgIpc) is 2.26. The minimum Gasteiger partial charge on any atom is -0.271 e. The van der Waals surface area contributed by atoms with Gasteiger partial charge in [-0.2, -0.15) is 0 Å². The maximum Gasteiger partial charge on any atom is 0.0769 e. The Labute approximate surface area is 83.9 Å². The van der Waals surface area contributed by atoms with E-state index >= 15 is 0 Å². The largest absolute Gasteiger partial charge is 0.271 e. The van der Waals surface area contributed by atoms with Crippen LogP contribution in [0.15, 0.2) is 18.6 Å². The van der Waals surface area contributed by atoms with Gasteiger partial charge in [0.15, 0.2) is 0 Å². The van der Waals surface area contributed by atoms with Gasteiger partial charge in [0.25, 0.3) is 0 Å². The highest BCUT2D eigenvalue weighted by molar-refractivity contribution is 5.01. The van der Waals surface area contributed by atoms with Gasteiger partial charge in [-0.25, -0.2) is 0 Å². The van der Waals surface area contributed by atoms with Crippen molar-refractivity contribution in [3.8, 4) is 12.3 Å². The summed E-state index contributed by atoms with van der Waals surface area (Å²) >= 11 is 0. The Kier molecular flexibility index (Phi) is 4.62. The zero-order chi connectivity index (χ0) is 10.2. The quantitative estimate of drug-likeness (QED) is 0.312. The van der Waals surface area contributed by atoms with Crippen LogP contribution in [0.4, 0.5) is 0 Å². The second-order valence-corrected chi connectivity index (χ2v) is 2.95. The molecule has 3 N–H and O–H groups in total. The van der Waals surface area contributed by atoms with E-state index in [1.807, 2.05) is 0 Å². The molecule has 14 heavy (non-hydrogen) atoms. The summed E-state index contributed by atoms with van der Waals surface area (Å²) in [4.78, 5) is 8.16. The Bertz CT molecular complexity index is 291. The molecule has 4 nitrogen and oxygen atoms in total. The molecule has 0 saturated carbocycles. The minimum atomic E-state index is 0.0389. The average molecular weight is 190 g/mol. The van der Waals surface area contributed by atoms with E-state index in [1.165, 1.54) is 0 Å². The van der Waals surface area contributed by atoms with Crippen LogP contribution in [0.25, 0.3) is 0 Å². The molecule has 0 fully saturated rings. The lowest BCUT2D eigenvalue weighted by Gasteiger charge is -2.13. The summed E-state index contributed by atoms with van der Waals surface area (Å²) in [5.41, 5.74) is 3.56. The van der Waals surface area contributed by atoms with Gasteiger partial charge in [-0.05, 0) is 12.8 Å². The molecule has 1 aromatic rings. The summed E-state index contributed by atoms with van der Waals surface area (Å²) in [6.45, 7) is 0. The lowest BCUT2D eigenvalue weighted by atomic mass is 10.1. The number of nitrogens with two attached hydrogens (primary N) is 1. The Balaban J connectivity index is 2.51. The lowest BCUT2D eigenvalue weighted by molar-refractivity contribution is 0.490. The monoisotopic (exact) mass is 190 g/mol. The lowest BCUT2D eigenvalue weighted by Crippen LogP contribution is -2.28. The van der Waals surface area contributed by atoms with Crippen LogP contribution < -0.4 is 11.3 Å². The third-order valence-corrected chi connectivity index (χ3v) is 1.96. The number of hydrazine groups is 1. The summed E-state index contributed by atoms with van der Waals surface area (Å²) in [5.74, 6) is 8.01. The first kappa shape index (κ1) is 10.6. The van der Waals surface area contributed by atoms with Gasteiger partial charge in [0, 0.05) is 18.8 Å². The zero-order valence-electron chi connectivity index (χ0n) is 7.98. The summed E-state index contributed by atoms with van der Waals surface area (Å²) in [5, 5.41) is 0. The molecule has 1 rings (SSSR count). The van der Waals surface area contributed by atoms with Gasteiger partial charge in [-0.3, -0.25) is 21.2 Å². The van der Waals surface area contributed by atoms with E-state index in [1.54, 1.807) is 18.6 Å². The molecule has 0 aliphatic rings. The molecule has 1 atom stereocenters. The third-order valence-electron chi connectivity index (χ3n) is 1.96. The molecule has 74 valence electrons. The Hall–Kier alpha value is -1.44. The topological polar surface area (TPSA) is 63.8 Å². The molecule has 0 aromatic carbocycles. The second-order valence-electron chi connectivity index (χ2n) is 2.95. The summed E-state index contributed by atoms with van der Waals surface area (Å²) in [6.07, 6.45) is 12.7. The van der Waals surface area contributed by atoms with Crippen molar-refractivity contribution in [1.29, 1.82) is 0 Å². The van der Waals surface area contributed by atoms with Gasteiger partial charge in [0.1, 0.15) is 0 Å². The fourth-order valence-corrected chi connectivity index (χ4v) is 1.22. The van der Waals surface area contributed by atoms with Crippen LogP contribution in [0.2, 0.25) is 0 Å². The highest BCUT2D eigenvalue weighted by Crippen LogP contribution is 2.14. The number of hydrogen-bond acceptors (Lipinski definition) is 4. The van der Waals surface area contributed by atoms with Crippen LogP contribution in [-0.2, 0) is 0 Å². The van der Waals surface area contributed by atoms with E-state index in [0.717, 1.165) is 25.0 Å². The van der Waals surface area contributed by atoms with E-state index in [4.69, 9.17) is 12.3 Å². The van der Waals surface area contributed by atoms with E-state index in [0.29, 0.717) is 0 Å². The highest BCUT2D eigenvalue weighted by Gasteiger charge is 2.09. The predicted octanol–water partition coefficient (Wildman–Crippen LogP) is 0.785. The predicted molar refractivity (Wildman–Crippen MR) is 54.8 cm³/mol. The van der Waals surface area contributed by atoms with Crippen LogP contribution in [0.5, 0.6) is 0 Å². The second kappa shape index (κ2) is 6.08. The molecule has 4 heteroatoms. The number of unbranched alkanes of at least 4 members (excludes halogenated alkanes) is 1. The van der Waals surface area contributed by atoms with Crippen molar-refractivity contribution in [2.75, 3.05) is 0 Å². The SMILES string of the molecule is C#CCCCC(NN)c1cnccn1. The summed E-state index contributed by atoms with van der Waals surface area (Å²) in [7, 11) is 0. The van der Waals surface area contributed by atoms with Gasteiger partial charge in [-0.15, -0.1) is 12.3 Å². The number of hydrogen-bond donors (Lipinski definition) is 2. The van der Waals surface area contributed by atoms with Crippen LogP contribution in [0.1, 0.15) is 31.0 Å². The van der Waals surface area contributed by atoms with Crippen molar-refractivity contribution >= 4 is 0 Å². The minimum absolute atomic E-state index is 0.0389. The molecule has 1 heterocycles. The number of nitrogens with one attached hydrogen (secondary N) is 1. The molecule has 1 unspecified atom stereocenters. The number of aromatic nitrogens is 2. The van der Waals surface area contributed by atoms with Crippen molar-refractivity contribution in [3.05, 3.63) is 24.3 Å². The van der Waals surface area contributed by atoms with Crippen molar-refractivity contribution < 1.29 is 0 Å². The molecule has 0 aliphatic heterocycles.